The third-order valence-electron chi connectivity index (χ3n) is 2.68. The van der Waals surface area contributed by atoms with Crippen molar-refractivity contribution in [1.29, 1.82) is 5.26 Å². The summed E-state index contributed by atoms with van der Waals surface area (Å²) < 4.78 is 11.0. The van der Waals surface area contributed by atoms with Gasteiger partial charge in [0.05, 0.1) is 24.8 Å². The van der Waals surface area contributed by atoms with Gasteiger partial charge in [0.1, 0.15) is 12.4 Å². The highest BCUT2D eigenvalue weighted by Gasteiger charge is 2.02. The summed E-state index contributed by atoms with van der Waals surface area (Å²) in [4.78, 5) is 0. The summed E-state index contributed by atoms with van der Waals surface area (Å²) in [6.45, 7) is 1.37. The Bertz CT molecular complexity index is 593. The molecule has 0 spiro atoms. The fraction of sp³-hybridized carbons (Fsp3) is 0.188. The summed E-state index contributed by atoms with van der Waals surface area (Å²) in [6.07, 6.45) is 0. The number of hydrogen-bond acceptors (Lipinski definition) is 3. The Morgan fingerprint density at radius 3 is 2.55 bits per heavy atom. The van der Waals surface area contributed by atoms with E-state index in [2.05, 4.69) is 0 Å². The molecule has 0 bridgehead atoms. The molecule has 20 heavy (non-hydrogen) atoms. The van der Waals surface area contributed by atoms with Gasteiger partial charge in [-0.25, -0.2) is 0 Å². The lowest BCUT2D eigenvalue weighted by atomic mass is 10.1. The van der Waals surface area contributed by atoms with E-state index in [0.29, 0.717) is 30.4 Å². The predicted molar refractivity (Wildman–Crippen MR) is 77.8 cm³/mol. The molecule has 0 atom stereocenters. The number of rotatable bonds is 6. The average Bonchev–Trinajstić information content (AvgIpc) is 2.49. The molecule has 0 aliphatic carbocycles. The Morgan fingerprint density at radius 2 is 1.85 bits per heavy atom. The normalized spacial score (nSPS) is 10.0. The summed E-state index contributed by atoms with van der Waals surface area (Å²) in [5.41, 5.74) is 1.41. The molecule has 0 amide bonds. The summed E-state index contributed by atoms with van der Waals surface area (Å²) in [5.74, 6) is 0.826. The standard InChI is InChI=1S/C16H14ClNO2/c17-16-10-13(11-18)6-7-14(16)12-19-8-9-20-15-4-2-1-3-5-15/h1-7,10H,8-9,12H2. The zero-order valence-corrected chi connectivity index (χ0v) is 11.6. The van der Waals surface area contributed by atoms with Gasteiger partial charge in [-0.2, -0.15) is 5.26 Å². The Labute approximate surface area is 123 Å². The minimum absolute atomic E-state index is 0.405. The lowest BCUT2D eigenvalue weighted by Gasteiger charge is -2.08. The van der Waals surface area contributed by atoms with E-state index in [1.807, 2.05) is 36.4 Å². The van der Waals surface area contributed by atoms with Crippen molar-refractivity contribution in [2.45, 2.75) is 6.61 Å². The molecule has 0 fully saturated rings. The van der Waals surface area contributed by atoms with Gasteiger partial charge < -0.3 is 9.47 Å². The zero-order valence-electron chi connectivity index (χ0n) is 10.9. The van der Waals surface area contributed by atoms with E-state index in [4.69, 9.17) is 26.3 Å². The highest BCUT2D eigenvalue weighted by Crippen LogP contribution is 2.18. The Morgan fingerprint density at radius 1 is 1.05 bits per heavy atom. The highest BCUT2D eigenvalue weighted by molar-refractivity contribution is 6.31. The first-order chi connectivity index (χ1) is 9.79. The molecular formula is C16H14ClNO2. The maximum atomic E-state index is 8.75. The van der Waals surface area contributed by atoms with Crippen LogP contribution in [0.15, 0.2) is 48.5 Å². The van der Waals surface area contributed by atoms with Crippen LogP contribution in [-0.4, -0.2) is 13.2 Å². The van der Waals surface area contributed by atoms with Gasteiger partial charge in [0, 0.05) is 5.02 Å². The highest BCUT2D eigenvalue weighted by atomic mass is 35.5. The molecule has 3 nitrogen and oxygen atoms in total. The molecular weight excluding hydrogens is 274 g/mol. The van der Waals surface area contributed by atoms with E-state index in [9.17, 15) is 0 Å². The topological polar surface area (TPSA) is 42.2 Å². The summed E-state index contributed by atoms with van der Waals surface area (Å²) in [5, 5.41) is 9.30. The van der Waals surface area contributed by atoms with Gasteiger partial charge in [0.15, 0.2) is 0 Å². The third-order valence-corrected chi connectivity index (χ3v) is 3.03. The monoisotopic (exact) mass is 287 g/mol. The number of halogens is 1. The maximum absolute atomic E-state index is 8.75. The minimum Gasteiger partial charge on any atom is -0.491 e. The molecule has 0 unspecified atom stereocenters. The lowest BCUT2D eigenvalue weighted by Crippen LogP contribution is -2.06. The molecule has 0 aliphatic rings. The van der Waals surface area contributed by atoms with Crippen LogP contribution >= 0.6 is 11.6 Å². The first-order valence-corrected chi connectivity index (χ1v) is 6.61. The lowest BCUT2D eigenvalue weighted by molar-refractivity contribution is 0.0889. The number of nitrogens with zero attached hydrogens (tertiary/aromatic N) is 1. The molecule has 0 heterocycles. The molecule has 2 aromatic carbocycles. The molecule has 0 N–H and O–H groups in total. The van der Waals surface area contributed by atoms with Crippen molar-refractivity contribution >= 4 is 11.6 Å². The zero-order chi connectivity index (χ0) is 14.2. The number of para-hydroxylation sites is 1. The van der Waals surface area contributed by atoms with Crippen LogP contribution in [0.5, 0.6) is 5.75 Å². The van der Waals surface area contributed by atoms with Crippen LogP contribution in [0.25, 0.3) is 0 Å². The van der Waals surface area contributed by atoms with E-state index >= 15 is 0 Å². The fourth-order valence-electron chi connectivity index (χ4n) is 1.65. The molecule has 4 heteroatoms. The number of benzene rings is 2. The average molecular weight is 288 g/mol. The SMILES string of the molecule is N#Cc1ccc(COCCOc2ccccc2)c(Cl)c1. The van der Waals surface area contributed by atoms with Crippen molar-refractivity contribution in [3.63, 3.8) is 0 Å². The number of hydrogen-bond donors (Lipinski definition) is 0. The molecule has 0 aliphatic heterocycles. The summed E-state index contributed by atoms with van der Waals surface area (Å²) in [7, 11) is 0. The van der Waals surface area contributed by atoms with E-state index in [-0.39, 0.29) is 0 Å². The molecule has 2 rings (SSSR count). The van der Waals surface area contributed by atoms with Crippen molar-refractivity contribution in [1.82, 2.24) is 0 Å². The van der Waals surface area contributed by atoms with Crippen LogP contribution in [0.3, 0.4) is 0 Å². The van der Waals surface area contributed by atoms with E-state index in [1.165, 1.54) is 0 Å². The molecule has 0 saturated heterocycles. The van der Waals surface area contributed by atoms with Crippen LogP contribution in [0.2, 0.25) is 5.02 Å². The van der Waals surface area contributed by atoms with Crippen molar-refractivity contribution in [3.05, 3.63) is 64.7 Å². The second-order valence-corrected chi connectivity index (χ2v) is 4.54. The number of ether oxygens (including phenoxy) is 2. The van der Waals surface area contributed by atoms with Crippen molar-refractivity contribution in [3.8, 4) is 11.8 Å². The van der Waals surface area contributed by atoms with Gasteiger partial charge in [-0.15, -0.1) is 0 Å². The Hall–Kier alpha value is -2.02. The smallest absolute Gasteiger partial charge is 0.119 e. The molecule has 2 aromatic rings. The van der Waals surface area contributed by atoms with Crippen LogP contribution in [0.1, 0.15) is 11.1 Å². The third kappa shape index (κ3) is 4.27. The predicted octanol–water partition coefficient (Wildman–Crippen LogP) is 3.81. The van der Waals surface area contributed by atoms with Crippen molar-refractivity contribution in [2.24, 2.45) is 0 Å². The van der Waals surface area contributed by atoms with E-state index in [0.717, 1.165) is 11.3 Å². The summed E-state index contributed by atoms with van der Waals surface area (Å²) in [6, 6.07) is 16.8. The first-order valence-electron chi connectivity index (χ1n) is 6.24. The van der Waals surface area contributed by atoms with Crippen LogP contribution < -0.4 is 4.74 Å². The number of nitriles is 1. The van der Waals surface area contributed by atoms with Crippen LogP contribution in [-0.2, 0) is 11.3 Å². The van der Waals surface area contributed by atoms with Crippen molar-refractivity contribution < 1.29 is 9.47 Å². The minimum atomic E-state index is 0.405. The first kappa shape index (κ1) is 14.4. The van der Waals surface area contributed by atoms with Crippen LogP contribution in [0, 0.1) is 11.3 Å². The van der Waals surface area contributed by atoms with Gasteiger partial charge in [-0.05, 0) is 29.8 Å². The van der Waals surface area contributed by atoms with Crippen LogP contribution in [0.4, 0.5) is 0 Å². The molecule has 0 aromatic heterocycles. The summed E-state index contributed by atoms with van der Waals surface area (Å²) >= 11 is 6.05. The van der Waals surface area contributed by atoms with E-state index < -0.39 is 0 Å². The van der Waals surface area contributed by atoms with Gasteiger partial charge in [0.25, 0.3) is 0 Å². The van der Waals surface area contributed by atoms with Crippen molar-refractivity contribution in [2.75, 3.05) is 13.2 Å². The Balaban J connectivity index is 1.72. The van der Waals surface area contributed by atoms with Gasteiger partial charge in [0.2, 0.25) is 0 Å². The second kappa shape index (κ2) is 7.54. The van der Waals surface area contributed by atoms with Gasteiger partial charge in [-0.1, -0.05) is 35.9 Å². The molecule has 0 radical (unpaired) electrons. The van der Waals surface area contributed by atoms with Gasteiger partial charge >= 0.3 is 0 Å². The maximum Gasteiger partial charge on any atom is 0.119 e. The molecule has 0 saturated carbocycles. The quantitative estimate of drug-likeness (QED) is 0.759. The Kier molecular flexibility index (Phi) is 5.43. The van der Waals surface area contributed by atoms with E-state index in [1.54, 1.807) is 18.2 Å². The fourth-order valence-corrected chi connectivity index (χ4v) is 1.89. The second-order valence-electron chi connectivity index (χ2n) is 4.13. The largest absolute Gasteiger partial charge is 0.491 e. The van der Waals surface area contributed by atoms with Gasteiger partial charge in [-0.3, -0.25) is 0 Å². The molecule has 102 valence electrons.